The van der Waals surface area contributed by atoms with Crippen LogP contribution in [0.25, 0.3) is 6.08 Å². The van der Waals surface area contributed by atoms with Crippen molar-refractivity contribution in [3.63, 3.8) is 0 Å². The molecule has 6 heteroatoms. The number of halogens is 1. The van der Waals surface area contributed by atoms with Gasteiger partial charge in [-0.25, -0.2) is 0 Å². The van der Waals surface area contributed by atoms with Gasteiger partial charge in [-0.1, -0.05) is 42.1 Å². The molecule has 2 rings (SSSR count). The molecule has 98 valence electrons. The fraction of sp³-hybridized carbons (Fsp3) is 0.154. The number of hydrogen-bond donors (Lipinski definition) is 0. The van der Waals surface area contributed by atoms with E-state index in [0.717, 1.165) is 21.0 Å². The standard InChI is InChI=1S/C13H13BrN4S/c1-10-16-17-13(19-2)18(10)15-9-12(14)8-11-6-4-3-5-7-11/h3-9H,1-2H3/b12-8-,15-9?. The maximum atomic E-state index is 4.36. The van der Waals surface area contributed by atoms with Crippen LogP contribution >= 0.6 is 27.7 Å². The average molecular weight is 337 g/mol. The van der Waals surface area contributed by atoms with Gasteiger partial charge >= 0.3 is 0 Å². The smallest absolute Gasteiger partial charge is 0.192 e. The second kappa shape index (κ2) is 6.68. The van der Waals surface area contributed by atoms with Gasteiger partial charge < -0.3 is 0 Å². The first kappa shape index (κ1) is 14.0. The summed E-state index contributed by atoms with van der Waals surface area (Å²) in [5.74, 6) is 0.764. The number of benzene rings is 1. The number of thioether (sulfide) groups is 1. The van der Waals surface area contributed by atoms with Crippen molar-refractivity contribution in [2.75, 3.05) is 6.26 Å². The number of rotatable bonds is 4. The average Bonchev–Trinajstić information content (AvgIpc) is 2.78. The van der Waals surface area contributed by atoms with Gasteiger partial charge in [0.25, 0.3) is 0 Å². The minimum atomic E-state index is 0.764. The summed E-state index contributed by atoms with van der Waals surface area (Å²) in [6, 6.07) is 10.1. The van der Waals surface area contributed by atoms with Crippen LogP contribution < -0.4 is 0 Å². The highest BCUT2D eigenvalue weighted by Crippen LogP contribution is 2.14. The van der Waals surface area contributed by atoms with Crippen LogP contribution in [0.15, 0.2) is 45.1 Å². The quantitative estimate of drug-likeness (QED) is 0.633. The zero-order valence-electron chi connectivity index (χ0n) is 10.6. The third-order valence-corrected chi connectivity index (χ3v) is 3.40. The molecule has 0 spiro atoms. The maximum absolute atomic E-state index is 4.36. The van der Waals surface area contributed by atoms with E-state index in [1.54, 1.807) is 10.9 Å². The van der Waals surface area contributed by atoms with Gasteiger partial charge in [0.15, 0.2) is 5.82 Å². The van der Waals surface area contributed by atoms with Gasteiger partial charge in [0.2, 0.25) is 5.16 Å². The van der Waals surface area contributed by atoms with Gasteiger partial charge in [0.1, 0.15) is 0 Å². The molecule has 0 aliphatic heterocycles. The van der Waals surface area contributed by atoms with E-state index in [-0.39, 0.29) is 0 Å². The van der Waals surface area contributed by atoms with Crippen molar-refractivity contribution in [1.82, 2.24) is 14.9 Å². The normalized spacial score (nSPS) is 12.3. The Balaban J connectivity index is 2.18. The van der Waals surface area contributed by atoms with Crippen molar-refractivity contribution in [3.8, 4) is 0 Å². The molecule has 0 atom stereocenters. The minimum absolute atomic E-state index is 0.764. The summed E-state index contributed by atoms with van der Waals surface area (Å²) in [7, 11) is 0. The summed E-state index contributed by atoms with van der Waals surface area (Å²) in [5, 5.41) is 13.2. The van der Waals surface area contributed by atoms with Crippen LogP contribution in [0.4, 0.5) is 0 Å². The molecule has 0 saturated carbocycles. The summed E-state index contributed by atoms with van der Waals surface area (Å²) in [6.45, 7) is 1.87. The first-order valence-electron chi connectivity index (χ1n) is 5.63. The lowest BCUT2D eigenvalue weighted by molar-refractivity contribution is 0.746. The summed E-state index contributed by atoms with van der Waals surface area (Å²) in [6.07, 6.45) is 5.69. The van der Waals surface area contributed by atoms with Crippen molar-refractivity contribution in [2.24, 2.45) is 5.10 Å². The summed E-state index contributed by atoms with van der Waals surface area (Å²) in [5.41, 5.74) is 1.12. The predicted octanol–water partition coefficient (Wildman–Crippen LogP) is 3.58. The lowest BCUT2D eigenvalue weighted by atomic mass is 10.2. The van der Waals surface area contributed by atoms with Gasteiger partial charge in [0.05, 0.1) is 6.21 Å². The van der Waals surface area contributed by atoms with E-state index >= 15 is 0 Å². The molecule has 0 radical (unpaired) electrons. The SMILES string of the molecule is CSc1nnc(C)n1N=C/C(Br)=C/c1ccccc1. The van der Waals surface area contributed by atoms with E-state index in [9.17, 15) is 0 Å². The Bertz CT molecular complexity index is 604. The van der Waals surface area contributed by atoms with Crippen LogP contribution in [0.1, 0.15) is 11.4 Å². The van der Waals surface area contributed by atoms with E-state index in [1.807, 2.05) is 49.6 Å². The van der Waals surface area contributed by atoms with Crippen LogP contribution in [-0.4, -0.2) is 27.3 Å². The highest BCUT2D eigenvalue weighted by atomic mass is 79.9. The van der Waals surface area contributed by atoms with E-state index in [4.69, 9.17) is 0 Å². The van der Waals surface area contributed by atoms with Gasteiger partial charge in [-0.3, -0.25) is 0 Å². The van der Waals surface area contributed by atoms with Crippen molar-refractivity contribution in [1.29, 1.82) is 0 Å². The molecule has 2 aromatic rings. The zero-order valence-corrected chi connectivity index (χ0v) is 13.0. The van der Waals surface area contributed by atoms with E-state index < -0.39 is 0 Å². The third kappa shape index (κ3) is 3.78. The minimum Gasteiger partial charge on any atom is -0.192 e. The zero-order chi connectivity index (χ0) is 13.7. The monoisotopic (exact) mass is 336 g/mol. The first-order chi connectivity index (χ1) is 9.20. The second-order valence-electron chi connectivity index (χ2n) is 3.73. The number of allylic oxidation sites excluding steroid dienone is 1. The molecular formula is C13H13BrN4S. The highest BCUT2D eigenvalue weighted by molar-refractivity contribution is 9.12. The Labute approximate surface area is 124 Å². The first-order valence-corrected chi connectivity index (χ1v) is 7.65. The molecule has 1 heterocycles. The topological polar surface area (TPSA) is 43.1 Å². The maximum Gasteiger partial charge on any atom is 0.211 e. The molecule has 0 aliphatic rings. The molecule has 0 N–H and O–H groups in total. The number of aryl methyl sites for hydroxylation is 1. The Kier molecular flexibility index (Phi) is 4.93. The van der Waals surface area contributed by atoms with Gasteiger partial charge in [0, 0.05) is 4.48 Å². The van der Waals surface area contributed by atoms with Crippen molar-refractivity contribution >= 4 is 40.0 Å². The molecule has 0 amide bonds. The highest BCUT2D eigenvalue weighted by Gasteiger charge is 2.05. The number of hydrogen-bond acceptors (Lipinski definition) is 4. The molecule has 1 aromatic carbocycles. The third-order valence-electron chi connectivity index (χ3n) is 2.35. The summed E-state index contributed by atoms with van der Waals surface area (Å²) < 4.78 is 2.60. The van der Waals surface area contributed by atoms with E-state index in [0.29, 0.717) is 0 Å². The van der Waals surface area contributed by atoms with Gasteiger partial charge in [-0.2, -0.15) is 9.78 Å². The Morgan fingerprint density at radius 1 is 1.32 bits per heavy atom. The molecule has 0 aliphatic carbocycles. The Morgan fingerprint density at radius 2 is 2.05 bits per heavy atom. The van der Waals surface area contributed by atoms with Crippen LogP contribution in [0.5, 0.6) is 0 Å². The molecule has 1 aromatic heterocycles. The van der Waals surface area contributed by atoms with Crippen LogP contribution in [-0.2, 0) is 0 Å². The number of aromatic nitrogens is 3. The molecule has 0 unspecified atom stereocenters. The van der Waals surface area contributed by atoms with E-state index in [2.05, 4.69) is 31.2 Å². The van der Waals surface area contributed by atoms with Crippen LogP contribution in [0.3, 0.4) is 0 Å². The molecule has 0 bridgehead atoms. The summed E-state index contributed by atoms with van der Waals surface area (Å²) >= 11 is 5.00. The predicted molar refractivity (Wildman–Crippen MR) is 83.8 cm³/mol. The molecule has 19 heavy (non-hydrogen) atoms. The summed E-state index contributed by atoms with van der Waals surface area (Å²) in [4.78, 5) is 0. The lowest BCUT2D eigenvalue weighted by Crippen LogP contribution is -1.94. The van der Waals surface area contributed by atoms with Gasteiger partial charge in [-0.15, -0.1) is 10.2 Å². The number of nitrogens with zero attached hydrogens (tertiary/aromatic N) is 4. The largest absolute Gasteiger partial charge is 0.211 e. The Morgan fingerprint density at radius 3 is 2.74 bits per heavy atom. The molecule has 0 saturated heterocycles. The second-order valence-corrected chi connectivity index (χ2v) is 5.42. The molecular weight excluding hydrogens is 324 g/mol. The lowest BCUT2D eigenvalue weighted by Gasteiger charge is -1.98. The fourth-order valence-electron chi connectivity index (χ4n) is 1.46. The van der Waals surface area contributed by atoms with E-state index in [1.165, 1.54) is 11.8 Å². The van der Waals surface area contributed by atoms with Crippen LogP contribution in [0, 0.1) is 6.92 Å². The van der Waals surface area contributed by atoms with Gasteiger partial charge in [-0.05, 0) is 40.7 Å². The fourth-order valence-corrected chi connectivity index (χ4v) is 2.29. The van der Waals surface area contributed by atoms with Crippen LogP contribution in [0.2, 0.25) is 0 Å². The van der Waals surface area contributed by atoms with Crippen molar-refractivity contribution in [2.45, 2.75) is 12.1 Å². The van der Waals surface area contributed by atoms with Crippen molar-refractivity contribution < 1.29 is 0 Å². The van der Waals surface area contributed by atoms with Crippen molar-refractivity contribution in [3.05, 3.63) is 46.2 Å². The molecule has 0 fully saturated rings. The Hall–Kier alpha value is -1.40. The molecule has 4 nitrogen and oxygen atoms in total.